The molecule has 0 unspecified atom stereocenters. The molecule has 0 fully saturated rings. The van der Waals surface area contributed by atoms with Crippen molar-refractivity contribution in [1.82, 2.24) is 4.57 Å². The van der Waals surface area contributed by atoms with E-state index in [1.165, 1.54) is 6.07 Å². The van der Waals surface area contributed by atoms with Gasteiger partial charge in [-0.15, -0.1) is 0 Å². The van der Waals surface area contributed by atoms with Gasteiger partial charge in [0.25, 0.3) is 0 Å². The van der Waals surface area contributed by atoms with Crippen LogP contribution in [0.2, 0.25) is 0 Å². The standard InChI is InChI=1S/C13H14FN/c1-9-4-7-12(14)8-13(9)15-10(2)5-6-11(15)3/h4-8H,1-3H3. The van der Waals surface area contributed by atoms with Gasteiger partial charge in [0.2, 0.25) is 0 Å². The Morgan fingerprint density at radius 1 is 0.933 bits per heavy atom. The van der Waals surface area contributed by atoms with E-state index < -0.39 is 0 Å². The third kappa shape index (κ3) is 1.67. The lowest BCUT2D eigenvalue weighted by Gasteiger charge is -2.12. The molecule has 78 valence electrons. The van der Waals surface area contributed by atoms with E-state index in [2.05, 4.69) is 4.57 Å². The number of nitrogens with zero attached hydrogens (tertiary/aromatic N) is 1. The summed E-state index contributed by atoms with van der Waals surface area (Å²) in [6.45, 7) is 6.04. The van der Waals surface area contributed by atoms with E-state index in [0.717, 1.165) is 22.6 Å². The fourth-order valence-corrected chi connectivity index (χ4v) is 1.87. The van der Waals surface area contributed by atoms with Gasteiger partial charge in [0.15, 0.2) is 0 Å². The maximum atomic E-state index is 13.2. The van der Waals surface area contributed by atoms with Crippen LogP contribution >= 0.6 is 0 Å². The molecular weight excluding hydrogens is 189 g/mol. The maximum absolute atomic E-state index is 13.2. The summed E-state index contributed by atoms with van der Waals surface area (Å²) in [6, 6.07) is 8.96. The van der Waals surface area contributed by atoms with Crippen molar-refractivity contribution in [1.29, 1.82) is 0 Å². The van der Waals surface area contributed by atoms with Gasteiger partial charge in [0.1, 0.15) is 5.82 Å². The van der Waals surface area contributed by atoms with Gasteiger partial charge in [0, 0.05) is 11.4 Å². The molecule has 0 saturated heterocycles. The van der Waals surface area contributed by atoms with Gasteiger partial charge in [-0.05, 0) is 50.6 Å². The maximum Gasteiger partial charge on any atom is 0.125 e. The number of halogens is 1. The zero-order valence-corrected chi connectivity index (χ0v) is 9.21. The molecule has 2 heteroatoms. The van der Waals surface area contributed by atoms with Crippen LogP contribution < -0.4 is 0 Å². The van der Waals surface area contributed by atoms with Crippen LogP contribution in [0.4, 0.5) is 4.39 Å². The molecule has 0 N–H and O–H groups in total. The largest absolute Gasteiger partial charge is 0.318 e. The molecule has 0 aliphatic carbocycles. The Morgan fingerprint density at radius 2 is 1.53 bits per heavy atom. The number of hydrogen-bond acceptors (Lipinski definition) is 0. The van der Waals surface area contributed by atoms with Crippen molar-refractivity contribution in [2.45, 2.75) is 20.8 Å². The Bertz CT molecular complexity index is 478. The lowest BCUT2D eigenvalue weighted by molar-refractivity contribution is 0.625. The minimum Gasteiger partial charge on any atom is -0.318 e. The highest BCUT2D eigenvalue weighted by Crippen LogP contribution is 2.20. The van der Waals surface area contributed by atoms with E-state index in [9.17, 15) is 4.39 Å². The summed E-state index contributed by atoms with van der Waals surface area (Å²) in [4.78, 5) is 0. The number of aryl methyl sites for hydroxylation is 3. The predicted octanol–water partition coefficient (Wildman–Crippen LogP) is 3.54. The molecule has 1 aromatic carbocycles. The quantitative estimate of drug-likeness (QED) is 0.668. The number of aromatic nitrogens is 1. The van der Waals surface area contributed by atoms with Crippen molar-refractivity contribution < 1.29 is 4.39 Å². The predicted molar refractivity (Wildman–Crippen MR) is 59.9 cm³/mol. The zero-order valence-electron chi connectivity index (χ0n) is 9.21. The molecule has 0 bridgehead atoms. The summed E-state index contributed by atoms with van der Waals surface area (Å²) in [5.41, 5.74) is 4.26. The first-order valence-electron chi connectivity index (χ1n) is 5.01. The van der Waals surface area contributed by atoms with Crippen molar-refractivity contribution in [3.8, 4) is 5.69 Å². The highest BCUT2D eigenvalue weighted by atomic mass is 19.1. The first-order chi connectivity index (χ1) is 7.09. The average molecular weight is 203 g/mol. The second-order valence-electron chi connectivity index (χ2n) is 3.88. The summed E-state index contributed by atoms with van der Waals surface area (Å²) in [5, 5.41) is 0. The van der Waals surface area contributed by atoms with Gasteiger partial charge in [-0.1, -0.05) is 6.07 Å². The van der Waals surface area contributed by atoms with E-state index in [4.69, 9.17) is 0 Å². The van der Waals surface area contributed by atoms with Crippen LogP contribution in [0.25, 0.3) is 5.69 Å². The number of rotatable bonds is 1. The number of benzene rings is 1. The normalized spacial score (nSPS) is 10.7. The minimum atomic E-state index is -0.192. The third-order valence-corrected chi connectivity index (χ3v) is 2.68. The SMILES string of the molecule is Cc1ccc(F)cc1-n1c(C)ccc1C. The van der Waals surface area contributed by atoms with E-state index >= 15 is 0 Å². The molecule has 15 heavy (non-hydrogen) atoms. The molecule has 0 aliphatic rings. The lowest BCUT2D eigenvalue weighted by Crippen LogP contribution is -2.01. The summed E-state index contributed by atoms with van der Waals surface area (Å²) >= 11 is 0. The Labute approximate surface area is 89.2 Å². The lowest BCUT2D eigenvalue weighted by atomic mass is 10.2. The highest BCUT2D eigenvalue weighted by Gasteiger charge is 2.07. The van der Waals surface area contributed by atoms with Crippen molar-refractivity contribution in [3.05, 3.63) is 53.1 Å². The van der Waals surface area contributed by atoms with Crippen LogP contribution in [0.15, 0.2) is 30.3 Å². The Kier molecular flexibility index (Phi) is 2.35. The van der Waals surface area contributed by atoms with Crippen molar-refractivity contribution in [2.24, 2.45) is 0 Å². The van der Waals surface area contributed by atoms with Crippen LogP contribution in [0, 0.1) is 26.6 Å². The Balaban J connectivity index is 2.68. The molecule has 2 aromatic rings. The van der Waals surface area contributed by atoms with Crippen LogP contribution in [0.3, 0.4) is 0 Å². The molecule has 0 radical (unpaired) electrons. The van der Waals surface area contributed by atoms with E-state index in [0.29, 0.717) is 0 Å². The highest BCUT2D eigenvalue weighted by molar-refractivity contribution is 5.44. The fraction of sp³-hybridized carbons (Fsp3) is 0.231. The van der Waals surface area contributed by atoms with E-state index in [1.54, 1.807) is 6.07 Å². The van der Waals surface area contributed by atoms with Crippen LogP contribution in [-0.4, -0.2) is 4.57 Å². The molecule has 0 atom stereocenters. The monoisotopic (exact) mass is 203 g/mol. The van der Waals surface area contributed by atoms with Gasteiger partial charge >= 0.3 is 0 Å². The second kappa shape index (κ2) is 3.54. The van der Waals surface area contributed by atoms with Gasteiger partial charge < -0.3 is 4.57 Å². The van der Waals surface area contributed by atoms with Crippen LogP contribution in [0.5, 0.6) is 0 Å². The van der Waals surface area contributed by atoms with Gasteiger partial charge in [-0.2, -0.15) is 0 Å². The molecule has 1 nitrogen and oxygen atoms in total. The first-order valence-corrected chi connectivity index (χ1v) is 5.01. The van der Waals surface area contributed by atoms with E-state index in [-0.39, 0.29) is 5.82 Å². The van der Waals surface area contributed by atoms with Crippen LogP contribution in [0.1, 0.15) is 17.0 Å². The fourth-order valence-electron chi connectivity index (χ4n) is 1.87. The van der Waals surface area contributed by atoms with Crippen molar-refractivity contribution in [2.75, 3.05) is 0 Å². The van der Waals surface area contributed by atoms with Crippen LogP contribution in [-0.2, 0) is 0 Å². The number of hydrogen-bond donors (Lipinski definition) is 0. The molecule has 0 aliphatic heterocycles. The summed E-state index contributed by atoms with van der Waals surface area (Å²) in [6.07, 6.45) is 0. The smallest absolute Gasteiger partial charge is 0.125 e. The summed E-state index contributed by atoms with van der Waals surface area (Å²) in [5.74, 6) is -0.192. The average Bonchev–Trinajstić information content (AvgIpc) is 2.51. The molecule has 2 rings (SSSR count). The second-order valence-corrected chi connectivity index (χ2v) is 3.88. The van der Waals surface area contributed by atoms with Crippen molar-refractivity contribution >= 4 is 0 Å². The Morgan fingerprint density at radius 3 is 2.13 bits per heavy atom. The van der Waals surface area contributed by atoms with E-state index in [1.807, 2.05) is 39.0 Å². The zero-order chi connectivity index (χ0) is 11.0. The summed E-state index contributed by atoms with van der Waals surface area (Å²) < 4.78 is 15.3. The van der Waals surface area contributed by atoms with Gasteiger partial charge in [-0.3, -0.25) is 0 Å². The van der Waals surface area contributed by atoms with Gasteiger partial charge in [-0.25, -0.2) is 4.39 Å². The van der Waals surface area contributed by atoms with Gasteiger partial charge in [0.05, 0.1) is 5.69 Å². The molecule has 0 spiro atoms. The first kappa shape index (κ1) is 9.97. The topological polar surface area (TPSA) is 4.93 Å². The minimum absolute atomic E-state index is 0.192. The van der Waals surface area contributed by atoms with Crippen molar-refractivity contribution in [3.63, 3.8) is 0 Å². The molecule has 0 saturated carbocycles. The molecule has 0 amide bonds. The molecule has 1 aromatic heterocycles. The third-order valence-electron chi connectivity index (χ3n) is 2.68. The Hall–Kier alpha value is -1.57. The molecular formula is C13H14FN. The summed E-state index contributed by atoms with van der Waals surface area (Å²) in [7, 11) is 0. The molecule has 1 heterocycles.